The van der Waals surface area contributed by atoms with Crippen molar-refractivity contribution in [3.63, 3.8) is 0 Å². The van der Waals surface area contributed by atoms with Crippen LogP contribution in [0.4, 0.5) is 0 Å². The summed E-state index contributed by atoms with van der Waals surface area (Å²) in [7, 11) is 0. The Kier molecular flexibility index (Phi) is 7.63. The maximum Gasteiger partial charge on any atom is 0.224 e. The Morgan fingerprint density at radius 3 is 2.36 bits per heavy atom. The van der Waals surface area contributed by atoms with E-state index in [-0.39, 0.29) is 17.6 Å². The van der Waals surface area contributed by atoms with Gasteiger partial charge in [-0.15, -0.1) is 0 Å². The van der Waals surface area contributed by atoms with Gasteiger partial charge in [0.1, 0.15) is 5.78 Å². The number of hydrogen-bond acceptors (Lipinski definition) is 3. The summed E-state index contributed by atoms with van der Waals surface area (Å²) in [6.07, 6.45) is 1.95. The third kappa shape index (κ3) is 5.67. The average molecular weight is 345 g/mol. The molecule has 0 spiro atoms. The fourth-order valence-electron chi connectivity index (χ4n) is 3.39. The summed E-state index contributed by atoms with van der Waals surface area (Å²) >= 11 is 0. The number of rotatable bonds is 10. The molecule has 138 valence electrons. The van der Waals surface area contributed by atoms with Crippen LogP contribution in [0.15, 0.2) is 30.3 Å². The SMILES string of the molecule is CCC(c1ccccc1)C1CN(C(=O)CCOCCC(=O)C(C)C)C1. The zero-order valence-corrected chi connectivity index (χ0v) is 15.7. The Bertz CT molecular complexity index is 550. The van der Waals surface area contributed by atoms with E-state index in [2.05, 4.69) is 31.2 Å². The fraction of sp³-hybridized carbons (Fsp3) is 0.619. The van der Waals surface area contributed by atoms with Crippen LogP contribution in [0.3, 0.4) is 0 Å². The van der Waals surface area contributed by atoms with E-state index in [1.165, 1.54) is 5.56 Å². The van der Waals surface area contributed by atoms with E-state index in [4.69, 9.17) is 4.74 Å². The van der Waals surface area contributed by atoms with Gasteiger partial charge in [-0.3, -0.25) is 9.59 Å². The van der Waals surface area contributed by atoms with Gasteiger partial charge in [0.25, 0.3) is 0 Å². The molecule has 1 atom stereocenters. The van der Waals surface area contributed by atoms with E-state index in [0.29, 0.717) is 37.9 Å². The van der Waals surface area contributed by atoms with Crippen molar-refractivity contribution in [2.75, 3.05) is 26.3 Å². The molecule has 4 heteroatoms. The molecule has 25 heavy (non-hydrogen) atoms. The number of ether oxygens (including phenoxy) is 1. The van der Waals surface area contributed by atoms with Crippen LogP contribution in [0, 0.1) is 11.8 Å². The van der Waals surface area contributed by atoms with Crippen molar-refractivity contribution < 1.29 is 14.3 Å². The first-order chi connectivity index (χ1) is 12.0. The second-order valence-electron chi connectivity index (χ2n) is 7.22. The van der Waals surface area contributed by atoms with Crippen LogP contribution in [0.2, 0.25) is 0 Å². The summed E-state index contributed by atoms with van der Waals surface area (Å²) in [5.74, 6) is 1.52. The molecule has 1 amide bonds. The molecular formula is C21H31NO3. The molecule has 1 fully saturated rings. The van der Waals surface area contributed by atoms with Crippen LogP contribution >= 0.6 is 0 Å². The highest BCUT2D eigenvalue weighted by Gasteiger charge is 2.35. The molecule has 0 N–H and O–H groups in total. The van der Waals surface area contributed by atoms with Crippen LogP contribution in [-0.4, -0.2) is 42.9 Å². The van der Waals surface area contributed by atoms with Crippen LogP contribution in [0.5, 0.6) is 0 Å². The molecule has 0 saturated carbocycles. The molecule has 0 radical (unpaired) electrons. The Morgan fingerprint density at radius 1 is 1.12 bits per heavy atom. The zero-order chi connectivity index (χ0) is 18.2. The van der Waals surface area contributed by atoms with E-state index in [1.807, 2.05) is 24.8 Å². The smallest absolute Gasteiger partial charge is 0.224 e. The molecule has 1 aromatic rings. The monoisotopic (exact) mass is 345 g/mol. The van der Waals surface area contributed by atoms with Gasteiger partial charge in [-0.1, -0.05) is 51.1 Å². The van der Waals surface area contributed by atoms with Crippen molar-refractivity contribution in [1.29, 1.82) is 0 Å². The predicted octanol–water partition coefficient (Wildman–Crippen LogP) is 3.66. The molecule has 1 heterocycles. The lowest BCUT2D eigenvalue weighted by Crippen LogP contribution is -2.52. The maximum atomic E-state index is 12.2. The molecule has 4 nitrogen and oxygen atoms in total. The lowest BCUT2D eigenvalue weighted by molar-refractivity contribution is -0.139. The molecule has 0 aliphatic carbocycles. The quantitative estimate of drug-likeness (QED) is 0.608. The van der Waals surface area contributed by atoms with Gasteiger partial charge >= 0.3 is 0 Å². The minimum Gasteiger partial charge on any atom is -0.380 e. The van der Waals surface area contributed by atoms with Crippen molar-refractivity contribution in [2.24, 2.45) is 11.8 Å². The van der Waals surface area contributed by atoms with Gasteiger partial charge < -0.3 is 9.64 Å². The highest BCUT2D eigenvalue weighted by Crippen LogP contribution is 2.34. The number of likely N-dealkylation sites (tertiary alicyclic amines) is 1. The second kappa shape index (κ2) is 9.71. The second-order valence-corrected chi connectivity index (χ2v) is 7.22. The average Bonchev–Trinajstić information content (AvgIpc) is 2.57. The van der Waals surface area contributed by atoms with Crippen molar-refractivity contribution in [3.8, 4) is 0 Å². The molecule has 1 aliphatic rings. The highest BCUT2D eigenvalue weighted by molar-refractivity contribution is 5.80. The number of benzene rings is 1. The Labute approximate surface area is 151 Å². The molecule has 0 aromatic heterocycles. The lowest BCUT2D eigenvalue weighted by atomic mass is 9.79. The highest BCUT2D eigenvalue weighted by atomic mass is 16.5. The van der Waals surface area contributed by atoms with Gasteiger partial charge in [-0.2, -0.15) is 0 Å². The number of carbonyl (C=O) groups is 2. The molecule has 0 bridgehead atoms. The molecule has 1 unspecified atom stereocenters. The molecular weight excluding hydrogens is 314 g/mol. The fourth-order valence-corrected chi connectivity index (χ4v) is 3.39. The first-order valence-electron chi connectivity index (χ1n) is 9.46. The first kappa shape index (κ1) is 19.6. The van der Waals surface area contributed by atoms with Crippen LogP contribution in [-0.2, 0) is 14.3 Å². The Morgan fingerprint density at radius 2 is 1.76 bits per heavy atom. The van der Waals surface area contributed by atoms with Crippen molar-refractivity contribution in [1.82, 2.24) is 4.90 Å². The topological polar surface area (TPSA) is 46.6 Å². The van der Waals surface area contributed by atoms with Gasteiger partial charge in [0.05, 0.1) is 19.6 Å². The van der Waals surface area contributed by atoms with Crippen LogP contribution in [0.1, 0.15) is 51.5 Å². The van der Waals surface area contributed by atoms with Gasteiger partial charge in [0, 0.05) is 31.3 Å². The minimum absolute atomic E-state index is 0.0550. The van der Waals surface area contributed by atoms with Gasteiger partial charge in [-0.05, 0) is 17.9 Å². The largest absolute Gasteiger partial charge is 0.380 e. The molecule has 2 rings (SSSR count). The third-order valence-corrected chi connectivity index (χ3v) is 5.10. The van der Waals surface area contributed by atoms with E-state index < -0.39 is 0 Å². The molecule has 1 aromatic carbocycles. The number of Topliss-reactive ketones (excluding diaryl/α,β-unsaturated/α-hetero) is 1. The van der Waals surface area contributed by atoms with Gasteiger partial charge in [-0.25, -0.2) is 0 Å². The van der Waals surface area contributed by atoms with Gasteiger partial charge in [0.2, 0.25) is 5.91 Å². The predicted molar refractivity (Wildman–Crippen MR) is 99.4 cm³/mol. The molecule has 1 saturated heterocycles. The Balaban J connectivity index is 1.64. The summed E-state index contributed by atoms with van der Waals surface area (Å²) in [4.78, 5) is 25.6. The van der Waals surface area contributed by atoms with Gasteiger partial charge in [0.15, 0.2) is 0 Å². The van der Waals surface area contributed by atoms with Crippen molar-refractivity contribution >= 4 is 11.7 Å². The minimum atomic E-state index is 0.0550. The number of amides is 1. The first-order valence-corrected chi connectivity index (χ1v) is 9.46. The van der Waals surface area contributed by atoms with E-state index in [9.17, 15) is 9.59 Å². The Hall–Kier alpha value is -1.68. The summed E-state index contributed by atoms with van der Waals surface area (Å²) in [5.41, 5.74) is 1.38. The van der Waals surface area contributed by atoms with Crippen molar-refractivity contribution in [3.05, 3.63) is 35.9 Å². The summed E-state index contributed by atoms with van der Waals surface area (Å²) in [6, 6.07) is 10.6. The summed E-state index contributed by atoms with van der Waals surface area (Å²) in [5, 5.41) is 0. The number of hydrogen-bond donors (Lipinski definition) is 0. The third-order valence-electron chi connectivity index (χ3n) is 5.10. The van der Waals surface area contributed by atoms with Crippen LogP contribution < -0.4 is 0 Å². The van der Waals surface area contributed by atoms with E-state index in [1.54, 1.807) is 0 Å². The summed E-state index contributed by atoms with van der Waals surface area (Å²) < 4.78 is 5.44. The standard InChI is InChI=1S/C21H31NO3/c1-4-19(17-8-6-5-7-9-17)18-14-22(15-18)21(24)11-13-25-12-10-20(23)16(2)3/h5-9,16,18-19H,4,10-15H2,1-3H3. The number of carbonyl (C=O) groups excluding carboxylic acids is 2. The van der Waals surface area contributed by atoms with Crippen LogP contribution in [0.25, 0.3) is 0 Å². The lowest BCUT2D eigenvalue weighted by Gasteiger charge is -2.43. The molecule has 1 aliphatic heterocycles. The normalized spacial score (nSPS) is 15.9. The summed E-state index contributed by atoms with van der Waals surface area (Å²) in [6.45, 7) is 8.51. The van der Waals surface area contributed by atoms with E-state index >= 15 is 0 Å². The van der Waals surface area contributed by atoms with Crippen molar-refractivity contribution in [2.45, 2.75) is 46.0 Å². The number of ketones is 1. The van der Waals surface area contributed by atoms with E-state index in [0.717, 1.165) is 19.5 Å². The maximum absolute atomic E-state index is 12.2. The number of nitrogens with zero attached hydrogens (tertiary/aromatic N) is 1. The zero-order valence-electron chi connectivity index (χ0n) is 15.7.